The quantitative estimate of drug-likeness (QED) is 0.187. The summed E-state index contributed by atoms with van der Waals surface area (Å²) in [7, 11) is 0. The molecule has 2 heterocycles. The summed E-state index contributed by atoms with van der Waals surface area (Å²) in [6.07, 6.45) is 19.4. The number of thiophene rings is 2. The topological polar surface area (TPSA) is 0 Å². The van der Waals surface area contributed by atoms with Crippen molar-refractivity contribution in [2.75, 3.05) is 0 Å². The van der Waals surface area contributed by atoms with Crippen molar-refractivity contribution in [3.8, 4) is 0 Å². The van der Waals surface area contributed by atoms with Crippen LogP contribution in [0.3, 0.4) is 0 Å². The van der Waals surface area contributed by atoms with Crippen molar-refractivity contribution < 1.29 is 0 Å². The normalized spacial score (nSPS) is 11.1. The molecule has 0 N–H and O–H groups in total. The summed E-state index contributed by atoms with van der Waals surface area (Å²) in [5, 5.41) is 4.88. The molecule has 0 saturated heterocycles. The largest absolute Gasteiger partial charge is 0.142 e. The van der Waals surface area contributed by atoms with E-state index in [1.165, 1.54) is 89.9 Å². The fourth-order valence-corrected chi connectivity index (χ4v) is 5.98. The summed E-state index contributed by atoms with van der Waals surface area (Å²) in [5.41, 5.74) is 3.26. The van der Waals surface area contributed by atoms with Gasteiger partial charge in [-0.2, -0.15) is 0 Å². The van der Waals surface area contributed by atoms with E-state index in [1.54, 1.807) is 20.5 Å². The standard InChI is InChI=1S/C22H36S2.Sn/c1-3-5-7-9-11-13-15-19-17-23-22-20(18-24-21(19)22)16-14-12-10-8-6-4-2;/h17-18H,3-16H2,1-2H3;. The molecule has 0 nitrogen and oxygen atoms in total. The minimum Gasteiger partial charge on any atom is -0.142 e. The third-order valence-electron chi connectivity index (χ3n) is 5.03. The molecule has 4 radical (unpaired) electrons. The molecule has 0 unspecified atom stereocenters. The first-order chi connectivity index (χ1) is 11.9. The molecule has 0 fully saturated rings. The van der Waals surface area contributed by atoms with E-state index in [4.69, 9.17) is 0 Å². The van der Waals surface area contributed by atoms with E-state index in [-0.39, 0.29) is 23.9 Å². The van der Waals surface area contributed by atoms with Gasteiger partial charge in [0.1, 0.15) is 0 Å². The molecule has 0 aliphatic rings. The van der Waals surface area contributed by atoms with Crippen molar-refractivity contribution in [3.63, 3.8) is 0 Å². The minimum atomic E-state index is 0. The molecule has 2 aromatic rings. The molecule has 0 atom stereocenters. The second-order valence-corrected chi connectivity index (χ2v) is 8.97. The molecule has 2 rings (SSSR count). The van der Waals surface area contributed by atoms with Crippen LogP contribution >= 0.6 is 22.7 Å². The maximum absolute atomic E-state index is 2.44. The molecular formula is C22H36S2Sn. The summed E-state index contributed by atoms with van der Waals surface area (Å²) >= 11 is 4.00. The van der Waals surface area contributed by atoms with Crippen molar-refractivity contribution in [3.05, 3.63) is 21.9 Å². The molecule has 0 saturated carbocycles. The Kier molecular flexibility index (Phi) is 13.6. The van der Waals surface area contributed by atoms with Crippen molar-refractivity contribution in [1.29, 1.82) is 0 Å². The van der Waals surface area contributed by atoms with E-state index < -0.39 is 0 Å². The van der Waals surface area contributed by atoms with Gasteiger partial charge in [-0.05, 0) is 47.6 Å². The van der Waals surface area contributed by atoms with Crippen LogP contribution in [0.1, 0.15) is 102 Å². The molecule has 2 aromatic heterocycles. The molecule has 3 heteroatoms. The monoisotopic (exact) mass is 484 g/mol. The Morgan fingerprint density at radius 2 is 0.920 bits per heavy atom. The fourth-order valence-electron chi connectivity index (χ4n) is 3.45. The SMILES string of the molecule is CCCCCCCCc1csc2c(CCCCCCCC)csc12.[Sn]. The summed E-state index contributed by atoms with van der Waals surface area (Å²) < 4.78 is 3.21. The Balaban J connectivity index is 0.00000312. The van der Waals surface area contributed by atoms with Gasteiger partial charge >= 0.3 is 0 Å². The van der Waals surface area contributed by atoms with E-state index in [1.807, 2.05) is 22.7 Å². The van der Waals surface area contributed by atoms with Gasteiger partial charge in [-0.15, -0.1) is 22.7 Å². The molecule has 0 spiro atoms. The van der Waals surface area contributed by atoms with Gasteiger partial charge in [0.05, 0.1) is 0 Å². The van der Waals surface area contributed by atoms with E-state index in [9.17, 15) is 0 Å². The Bertz CT molecular complexity index is 505. The fraction of sp³-hybridized carbons (Fsp3) is 0.727. The van der Waals surface area contributed by atoms with Crippen molar-refractivity contribution in [2.24, 2.45) is 0 Å². The number of fused-ring (bicyclic) bond motifs is 1. The van der Waals surface area contributed by atoms with Crippen molar-refractivity contribution in [2.45, 2.75) is 104 Å². The molecule has 25 heavy (non-hydrogen) atoms. The molecule has 0 amide bonds. The zero-order valence-corrected chi connectivity index (χ0v) is 20.9. The molecule has 0 bridgehead atoms. The van der Waals surface area contributed by atoms with Gasteiger partial charge < -0.3 is 0 Å². The first-order valence-electron chi connectivity index (χ1n) is 10.3. The summed E-state index contributed by atoms with van der Waals surface area (Å²) in [4.78, 5) is 0. The van der Waals surface area contributed by atoms with Crippen molar-refractivity contribution >= 4 is 56.0 Å². The van der Waals surface area contributed by atoms with Crippen LogP contribution in [-0.4, -0.2) is 23.9 Å². The zero-order chi connectivity index (χ0) is 17.0. The average molecular weight is 483 g/mol. The van der Waals surface area contributed by atoms with E-state index in [0.29, 0.717) is 0 Å². The van der Waals surface area contributed by atoms with Gasteiger partial charge in [0.15, 0.2) is 0 Å². The third kappa shape index (κ3) is 8.34. The van der Waals surface area contributed by atoms with E-state index in [2.05, 4.69) is 24.6 Å². The van der Waals surface area contributed by atoms with Crippen LogP contribution in [0.2, 0.25) is 0 Å². The average Bonchev–Trinajstić information content (AvgIpc) is 3.17. The third-order valence-corrected chi connectivity index (χ3v) is 7.36. The number of hydrogen-bond acceptors (Lipinski definition) is 2. The number of aryl methyl sites for hydroxylation is 2. The minimum absolute atomic E-state index is 0. The second kappa shape index (κ2) is 14.5. The number of hydrogen-bond donors (Lipinski definition) is 0. The first-order valence-corrected chi connectivity index (χ1v) is 12.1. The first kappa shape index (κ1) is 23.5. The Labute approximate surface area is 180 Å². The Morgan fingerprint density at radius 1 is 0.560 bits per heavy atom. The number of unbranched alkanes of at least 4 members (excludes halogenated alkanes) is 10. The van der Waals surface area contributed by atoms with Gasteiger partial charge in [0.2, 0.25) is 0 Å². The zero-order valence-electron chi connectivity index (χ0n) is 16.4. The molecule has 0 aliphatic carbocycles. The molecule has 0 aliphatic heterocycles. The summed E-state index contributed by atoms with van der Waals surface area (Å²) in [5.74, 6) is 0. The number of rotatable bonds is 14. The van der Waals surface area contributed by atoms with Gasteiger partial charge in [0, 0.05) is 33.3 Å². The van der Waals surface area contributed by atoms with Gasteiger partial charge in [-0.3, -0.25) is 0 Å². The van der Waals surface area contributed by atoms with Gasteiger partial charge in [-0.25, -0.2) is 0 Å². The smallest absolute Gasteiger partial charge is 0.0485 e. The molecule has 140 valence electrons. The van der Waals surface area contributed by atoms with Gasteiger partial charge in [-0.1, -0.05) is 78.1 Å². The Morgan fingerprint density at radius 3 is 1.32 bits per heavy atom. The van der Waals surface area contributed by atoms with Crippen LogP contribution in [0.25, 0.3) is 9.40 Å². The second-order valence-electron chi connectivity index (χ2n) is 7.22. The van der Waals surface area contributed by atoms with Crippen LogP contribution in [0.15, 0.2) is 10.8 Å². The van der Waals surface area contributed by atoms with Crippen molar-refractivity contribution in [1.82, 2.24) is 0 Å². The van der Waals surface area contributed by atoms with Crippen LogP contribution < -0.4 is 0 Å². The van der Waals surface area contributed by atoms with Crippen LogP contribution in [-0.2, 0) is 12.8 Å². The van der Waals surface area contributed by atoms with Crippen LogP contribution in [0.4, 0.5) is 0 Å². The summed E-state index contributed by atoms with van der Waals surface area (Å²) in [6, 6.07) is 0. The predicted octanol–water partition coefficient (Wildman–Crippen LogP) is 8.39. The van der Waals surface area contributed by atoms with E-state index in [0.717, 1.165) is 0 Å². The van der Waals surface area contributed by atoms with Crippen LogP contribution in [0.5, 0.6) is 0 Å². The van der Waals surface area contributed by atoms with Gasteiger partial charge in [0.25, 0.3) is 0 Å². The Hall–Kier alpha value is 0.459. The predicted molar refractivity (Wildman–Crippen MR) is 120 cm³/mol. The van der Waals surface area contributed by atoms with E-state index >= 15 is 0 Å². The maximum Gasteiger partial charge on any atom is 0.0485 e. The van der Waals surface area contributed by atoms with Crippen LogP contribution in [0, 0.1) is 0 Å². The molecular weight excluding hydrogens is 447 g/mol. The summed E-state index contributed by atoms with van der Waals surface area (Å²) in [6.45, 7) is 4.59. The maximum atomic E-state index is 2.44. The molecule has 0 aromatic carbocycles.